The predicted octanol–water partition coefficient (Wildman–Crippen LogP) is 0.672. The summed E-state index contributed by atoms with van der Waals surface area (Å²) in [5.74, 6) is -0.619. The fraction of sp³-hybridized carbons (Fsp3) is 0.917. The molecule has 0 bridgehead atoms. The van der Waals surface area contributed by atoms with Crippen molar-refractivity contribution in [2.24, 2.45) is 5.11 Å². The minimum Gasteiger partial charge on any atom is -0.382 e. The summed E-state index contributed by atoms with van der Waals surface area (Å²) in [7, 11) is 6.11. The highest BCUT2D eigenvalue weighted by Gasteiger charge is 2.47. The second-order valence-electron chi connectivity index (χ2n) is 4.56. The van der Waals surface area contributed by atoms with Gasteiger partial charge in [-0.1, -0.05) is 0 Å². The van der Waals surface area contributed by atoms with E-state index in [0.717, 1.165) is 0 Å². The summed E-state index contributed by atoms with van der Waals surface area (Å²) in [5.41, 5.74) is 8.30. The summed E-state index contributed by atoms with van der Waals surface area (Å²) in [6.45, 7) is 0.279. The number of nitrogens with zero attached hydrogens (tertiary/aromatic N) is 3. The van der Waals surface area contributed by atoms with E-state index in [1.807, 2.05) is 0 Å². The van der Waals surface area contributed by atoms with E-state index in [9.17, 15) is 4.79 Å². The topological polar surface area (TPSA) is 112 Å². The van der Waals surface area contributed by atoms with Crippen molar-refractivity contribution in [1.82, 2.24) is 0 Å². The first-order chi connectivity index (χ1) is 10.1. The Balaban J connectivity index is 2.94. The summed E-state index contributed by atoms with van der Waals surface area (Å²) in [5, 5.41) is 3.05. The molecule has 0 radical (unpaired) electrons. The van der Waals surface area contributed by atoms with Crippen LogP contribution in [0.4, 0.5) is 0 Å². The van der Waals surface area contributed by atoms with Gasteiger partial charge in [0, 0.05) is 39.8 Å². The first-order valence-electron chi connectivity index (χ1n) is 6.43. The molecule has 5 unspecified atom stereocenters. The lowest BCUT2D eigenvalue weighted by atomic mass is 9.92. The lowest BCUT2D eigenvalue weighted by molar-refractivity contribution is -0.249. The first kappa shape index (κ1) is 17.8. The minimum absolute atomic E-state index is 0.0981. The summed E-state index contributed by atoms with van der Waals surface area (Å²) < 4.78 is 27.2. The molecule has 1 aliphatic heterocycles. The van der Waals surface area contributed by atoms with Crippen LogP contribution < -0.4 is 0 Å². The first-order valence-corrected chi connectivity index (χ1v) is 6.43. The van der Waals surface area contributed by atoms with Crippen molar-refractivity contribution in [1.29, 1.82) is 0 Å². The van der Waals surface area contributed by atoms with Crippen LogP contribution in [0.3, 0.4) is 0 Å². The molecule has 120 valence electrons. The molecule has 0 aromatic heterocycles. The van der Waals surface area contributed by atoms with Crippen molar-refractivity contribution >= 4 is 5.91 Å². The molecule has 5 atom stereocenters. The molecule has 1 saturated heterocycles. The van der Waals surface area contributed by atoms with Crippen molar-refractivity contribution in [3.63, 3.8) is 0 Å². The molecule has 0 aromatic rings. The van der Waals surface area contributed by atoms with Crippen LogP contribution in [0.25, 0.3) is 10.4 Å². The largest absolute Gasteiger partial charge is 0.382 e. The van der Waals surface area contributed by atoms with E-state index < -0.39 is 36.4 Å². The van der Waals surface area contributed by atoms with Gasteiger partial charge in [0.2, 0.25) is 5.91 Å². The highest BCUT2D eigenvalue weighted by molar-refractivity contribution is 5.77. The van der Waals surface area contributed by atoms with E-state index in [-0.39, 0.29) is 13.0 Å². The van der Waals surface area contributed by atoms with Gasteiger partial charge in [0.05, 0.1) is 12.7 Å². The number of ether oxygens (including phenoxy) is 5. The zero-order chi connectivity index (χ0) is 15.8. The van der Waals surface area contributed by atoms with Crippen molar-refractivity contribution in [3.8, 4) is 0 Å². The Labute approximate surface area is 123 Å². The zero-order valence-corrected chi connectivity index (χ0v) is 12.6. The van der Waals surface area contributed by atoms with Crippen LogP contribution in [-0.2, 0) is 28.5 Å². The zero-order valence-electron chi connectivity index (χ0n) is 12.6. The Kier molecular flexibility index (Phi) is 7.58. The number of methoxy groups -OCH3 is 4. The van der Waals surface area contributed by atoms with Gasteiger partial charge < -0.3 is 23.7 Å². The lowest BCUT2D eigenvalue weighted by Gasteiger charge is -2.44. The van der Waals surface area contributed by atoms with Crippen LogP contribution in [0, 0.1) is 0 Å². The highest BCUT2D eigenvalue weighted by atomic mass is 16.6. The van der Waals surface area contributed by atoms with E-state index in [1.54, 1.807) is 14.2 Å². The maximum Gasteiger partial charge on any atom is 0.221 e. The number of carbonyl (C=O) groups excluding carboxylic acids is 1. The fourth-order valence-corrected chi connectivity index (χ4v) is 2.55. The van der Waals surface area contributed by atoms with Crippen LogP contribution in [-0.4, -0.2) is 71.5 Å². The van der Waals surface area contributed by atoms with E-state index in [1.165, 1.54) is 14.2 Å². The number of azide groups is 1. The lowest BCUT2D eigenvalue weighted by Crippen LogP contribution is -2.60. The second kappa shape index (κ2) is 8.93. The quantitative estimate of drug-likeness (QED) is 0.388. The third-order valence-corrected chi connectivity index (χ3v) is 3.41. The van der Waals surface area contributed by atoms with Gasteiger partial charge in [-0.05, 0) is 10.6 Å². The van der Waals surface area contributed by atoms with Crippen molar-refractivity contribution in [3.05, 3.63) is 10.4 Å². The van der Waals surface area contributed by atoms with Crippen LogP contribution >= 0.6 is 0 Å². The van der Waals surface area contributed by atoms with Gasteiger partial charge in [0.25, 0.3) is 0 Å². The van der Waals surface area contributed by atoms with Gasteiger partial charge in [-0.2, -0.15) is 0 Å². The van der Waals surface area contributed by atoms with Crippen LogP contribution in [0.1, 0.15) is 6.42 Å². The molecule has 1 fully saturated rings. The van der Waals surface area contributed by atoms with Gasteiger partial charge in [0.15, 0.2) is 0 Å². The second-order valence-corrected chi connectivity index (χ2v) is 4.56. The third-order valence-electron chi connectivity index (χ3n) is 3.41. The van der Waals surface area contributed by atoms with Crippen LogP contribution in [0.15, 0.2) is 5.11 Å². The molecule has 0 spiro atoms. The Bertz CT molecular complexity index is 387. The van der Waals surface area contributed by atoms with E-state index in [4.69, 9.17) is 29.2 Å². The SMILES string of the molecule is COCC1OC(CC(=O)N=[N+]=[N-])C(OC)C(OC)C1OC. The molecule has 1 aliphatic rings. The summed E-state index contributed by atoms with van der Waals surface area (Å²) in [6, 6.07) is 0. The maximum atomic E-state index is 11.5. The third kappa shape index (κ3) is 4.37. The Morgan fingerprint density at radius 2 is 1.67 bits per heavy atom. The Morgan fingerprint density at radius 1 is 1.10 bits per heavy atom. The molecule has 1 heterocycles. The molecule has 0 N–H and O–H groups in total. The van der Waals surface area contributed by atoms with Gasteiger partial charge in [0.1, 0.15) is 24.4 Å². The van der Waals surface area contributed by atoms with Gasteiger partial charge in [-0.25, -0.2) is 0 Å². The van der Waals surface area contributed by atoms with Crippen LogP contribution in [0.2, 0.25) is 0 Å². The Morgan fingerprint density at radius 3 is 2.14 bits per heavy atom. The summed E-state index contributed by atoms with van der Waals surface area (Å²) in [6.07, 6.45) is -2.47. The molecule has 9 heteroatoms. The number of hydrogen-bond donors (Lipinski definition) is 0. The molecule has 1 rings (SSSR count). The van der Waals surface area contributed by atoms with E-state index >= 15 is 0 Å². The molecule has 0 aromatic carbocycles. The normalized spacial score (nSPS) is 32.5. The average molecular weight is 303 g/mol. The molecule has 21 heavy (non-hydrogen) atoms. The summed E-state index contributed by atoms with van der Waals surface area (Å²) >= 11 is 0. The fourth-order valence-electron chi connectivity index (χ4n) is 2.55. The van der Waals surface area contributed by atoms with Crippen molar-refractivity contribution < 1.29 is 28.5 Å². The van der Waals surface area contributed by atoms with E-state index in [0.29, 0.717) is 0 Å². The van der Waals surface area contributed by atoms with Crippen LogP contribution in [0.5, 0.6) is 0 Å². The minimum atomic E-state index is -0.619. The highest BCUT2D eigenvalue weighted by Crippen LogP contribution is 2.29. The average Bonchev–Trinajstić information content (AvgIpc) is 2.47. The van der Waals surface area contributed by atoms with Gasteiger partial charge >= 0.3 is 0 Å². The van der Waals surface area contributed by atoms with Gasteiger partial charge in [-0.3, -0.25) is 4.79 Å². The van der Waals surface area contributed by atoms with E-state index in [2.05, 4.69) is 10.0 Å². The predicted molar refractivity (Wildman–Crippen MR) is 71.7 cm³/mol. The van der Waals surface area contributed by atoms with Crippen molar-refractivity contribution in [2.75, 3.05) is 35.0 Å². The number of hydrogen-bond acceptors (Lipinski definition) is 6. The monoisotopic (exact) mass is 303 g/mol. The molecular weight excluding hydrogens is 282 g/mol. The smallest absolute Gasteiger partial charge is 0.221 e. The van der Waals surface area contributed by atoms with Gasteiger partial charge in [-0.15, -0.1) is 0 Å². The molecular formula is C12H21N3O6. The van der Waals surface area contributed by atoms with Crippen molar-refractivity contribution in [2.45, 2.75) is 36.9 Å². The molecule has 0 saturated carbocycles. The number of rotatable bonds is 7. The molecule has 1 amide bonds. The standard InChI is InChI=1S/C12H21N3O6/c1-17-6-8-11(19-3)12(20-4)10(18-2)7(21-8)5-9(16)14-15-13/h7-8,10-12H,5-6H2,1-4H3. The molecule has 9 nitrogen and oxygen atoms in total. The molecule has 0 aliphatic carbocycles. The summed E-state index contributed by atoms with van der Waals surface area (Å²) in [4.78, 5) is 14.0. The Hall–Kier alpha value is -1.22. The number of amides is 1. The maximum absolute atomic E-state index is 11.5. The number of carbonyl (C=O) groups is 1.